The molecule has 0 aromatic carbocycles. The van der Waals surface area contributed by atoms with Crippen molar-refractivity contribution in [3.63, 3.8) is 0 Å². The van der Waals surface area contributed by atoms with Crippen LogP contribution in [0.3, 0.4) is 0 Å². The van der Waals surface area contributed by atoms with Crippen molar-refractivity contribution in [3.05, 3.63) is 34.3 Å². The summed E-state index contributed by atoms with van der Waals surface area (Å²) in [6, 6.07) is 0. The summed E-state index contributed by atoms with van der Waals surface area (Å²) in [5, 5.41) is 11.6. The van der Waals surface area contributed by atoms with E-state index in [1.807, 2.05) is 13.8 Å². The molecule has 0 saturated carbocycles. The number of carbonyl (C=O) groups is 1. The summed E-state index contributed by atoms with van der Waals surface area (Å²) < 4.78 is 4.14. The molecule has 0 fully saturated rings. The number of nitrogens with zero attached hydrogens (tertiary/aromatic N) is 4. The first-order chi connectivity index (χ1) is 9.39. The van der Waals surface area contributed by atoms with E-state index in [1.165, 1.54) is 0 Å². The van der Waals surface area contributed by atoms with E-state index in [9.17, 15) is 4.79 Å². The molecule has 2 heterocycles. The van der Waals surface area contributed by atoms with Gasteiger partial charge in [0.05, 0.1) is 28.4 Å². The van der Waals surface area contributed by atoms with Gasteiger partial charge in [0.15, 0.2) is 0 Å². The van der Waals surface area contributed by atoms with Crippen LogP contribution in [0.2, 0.25) is 5.02 Å². The highest BCUT2D eigenvalue weighted by Gasteiger charge is 2.30. The van der Waals surface area contributed by atoms with Crippen LogP contribution < -0.4 is 5.32 Å². The lowest BCUT2D eigenvalue weighted by molar-refractivity contribution is -0.128. The molecule has 1 amide bonds. The zero-order valence-corrected chi connectivity index (χ0v) is 13.5. The molecule has 0 spiro atoms. The molecular formula is C12H15BrClN5O. The summed E-state index contributed by atoms with van der Waals surface area (Å²) in [4.78, 5) is 12.2. The lowest BCUT2D eigenvalue weighted by Gasteiger charge is -2.24. The molecule has 1 N–H and O–H groups in total. The lowest BCUT2D eigenvalue weighted by Crippen LogP contribution is -2.45. The van der Waals surface area contributed by atoms with Crippen LogP contribution in [-0.4, -0.2) is 32.0 Å². The molecule has 108 valence electrons. The van der Waals surface area contributed by atoms with Gasteiger partial charge in [-0.1, -0.05) is 11.6 Å². The van der Waals surface area contributed by atoms with Gasteiger partial charge in [-0.25, -0.2) is 0 Å². The van der Waals surface area contributed by atoms with E-state index in [4.69, 9.17) is 11.6 Å². The quantitative estimate of drug-likeness (QED) is 0.887. The molecule has 0 atom stereocenters. The fourth-order valence-corrected chi connectivity index (χ4v) is 2.11. The van der Waals surface area contributed by atoms with Gasteiger partial charge < -0.3 is 5.32 Å². The third kappa shape index (κ3) is 3.40. The Balaban J connectivity index is 1.91. The second-order valence-corrected chi connectivity index (χ2v) is 6.19. The molecule has 0 bridgehead atoms. The van der Waals surface area contributed by atoms with E-state index in [0.717, 1.165) is 4.47 Å². The minimum Gasteiger partial charge on any atom is -0.352 e. The van der Waals surface area contributed by atoms with Crippen molar-refractivity contribution in [3.8, 4) is 0 Å². The van der Waals surface area contributed by atoms with E-state index >= 15 is 0 Å². The smallest absolute Gasteiger partial charge is 0.247 e. The molecule has 2 aromatic heterocycles. The molecular weight excluding hydrogens is 346 g/mol. The fraction of sp³-hybridized carbons (Fsp3) is 0.417. The van der Waals surface area contributed by atoms with Gasteiger partial charge in [0.2, 0.25) is 5.91 Å². The van der Waals surface area contributed by atoms with Crippen LogP contribution in [0.1, 0.15) is 13.8 Å². The third-order valence-electron chi connectivity index (χ3n) is 2.91. The Hall–Kier alpha value is -1.34. The molecule has 0 aliphatic heterocycles. The Morgan fingerprint density at radius 2 is 2.15 bits per heavy atom. The van der Waals surface area contributed by atoms with Crippen molar-refractivity contribution in [2.75, 3.05) is 6.54 Å². The van der Waals surface area contributed by atoms with Gasteiger partial charge in [0, 0.05) is 18.9 Å². The first-order valence-corrected chi connectivity index (χ1v) is 7.23. The minimum absolute atomic E-state index is 0.105. The summed E-state index contributed by atoms with van der Waals surface area (Å²) in [6.07, 6.45) is 6.70. The van der Waals surface area contributed by atoms with Crippen molar-refractivity contribution < 1.29 is 4.79 Å². The van der Waals surface area contributed by atoms with Gasteiger partial charge in [-0.05, 0) is 29.8 Å². The molecule has 0 radical (unpaired) electrons. The zero-order chi connectivity index (χ0) is 14.8. The number of nitrogens with one attached hydrogen (secondary N) is 1. The van der Waals surface area contributed by atoms with E-state index < -0.39 is 5.54 Å². The van der Waals surface area contributed by atoms with Crippen molar-refractivity contribution in [1.82, 2.24) is 24.9 Å². The van der Waals surface area contributed by atoms with Gasteiger partial charge in [0.1, 0.15) is 5.54 Å². The van der Waals surface area contributed by atoms with Crippen LogP contribution in [-0.2, 0) is 16.9 Å². The molecule has 0 aliphatic carbocycles. The molecule has 6 nitrogen and oxygen atoms in total. The van der Waals surface area contributed by atoms with Crippen LogP contribution >= 0.6 is 27.5 Å². The van der Waals surface area contributed by atoms with Gasteiger partial charge in [-0.3, -0.25) is 14.2 Å². The Labute approximate surface area is 130 Å². The average molecular weight is 361 g/mol. The third-order valence-corrected chi connectivity index (χ3v) is 3.51. The molecule has 2 aromatic rings. The maximum atomic E-state index is 12.2. The Morgan fingerprint density at radius 3 is 2.70 bits per heavy atom. The largest absolute Gasteiger partial charge is 0.352 e. The summed E-state index contributed by atoms with van der Waals surface area (Å²) >= 11 is 9.09. The number of aromatic nitrogens is 4. The average Bonchev–Trinajstić information content (AvgIpc) is 2.98. The summed E-state index contributed by atoms with van der Waals surface area (Å²) in [6.45, 7) is 4.67. The lowest BCUT2D eigenvalue weighted by atomic mass is 10.1. The maximum Gasteiger partial charge on any atom is 0.247 e. The maximum absolute atomic E-state index is 12.2. The predicted octanol–water partition coefficient (Wildman–Crippen LogP) is 2.05. The zero-order valence-electron chi connectivity index (χ0n) is 11.2. The van der Waals surface area contributed by atoms with Crippen LogP contribution in [0.5, 0.6) is 0 Å². The van der Waals surface area contributed by atoms with Gasteiger partial charge in [-0.2, -0.15) is 10.2 Å². The van der Waals surface area contributed by atoms with E-state index in [1.54, 1.807) is 34.2 Å². The minimum atomic E-state index is -0.756. The Kier molecular flexibility index (Phi) is 4.49. The standard InChI is InChI=1S/C12H15BrClN5O/c1-12(2,19-7-9(13)5-17-19)11(20)15-3-4-18-8-10(14)6-16-18/h5-8H,3-4H2,1-2H3,(H,15,20). The summed E-state index contributed by atoms with van der Waals surface area (Å²) in [5.41, 5.74) is -0.756. The highest BCUT2D eigenvalue weighted by atomic mass is 79.9. The van der Waals surface area contributed by atoms with Crippen molar-refractivity contribution in [2.45, 2.75) is 25.9 Å². The highest BCUT2D eigenvalue weighted by Crippen LogP contribution is 2.17. The van der Waals surface area contributed by atoms with E-state index in [2.05, 4.69) is 31.4 Å². The summed E-state index contributed by atoms with van der Waals surface area (Å²) in [7, 11) is 0. The summed E-state index contributed by atoms with van der Waals surface area (Å²) in [5.74, 6) is -0.105. The Morgan fingerprint density at radius 1 is 1.40 bits per heavy atom. The molecule has 2 rings (SSSR count). The second-order valence-electron chi connectivity index (χ2n) is 4.84. The highest BCUT2D eigenvalue weighted by molar-refractivity contribution is 9.10. The van der Waals surface area contributed by atoms with Crippen LogP contribution in [0.15, 0.2) is 29.3 Å². The van der Waals surface area contributed by atoms with Gasteiger partial charge in [0.25, 0.3) is 0 Å². The van der Waals surface area contributed by atoms with E-state index in [-0.39, 0.29) is 5.91 Å². The number of hydrogen-bond donors (Lipinski definition) is 1. The van der Waals surface area contributed by atoms with E-state index in [0.29, 0.717) is 18.1 Å². The number of halogens is 2. The van der Waals surface area contributed by atoms with Crippen LogP contribution in [0.25, 0.3) is 0 Å². The SMILES string of the molecule is CC(C)(C(=O)NCCn1cc(Cl)cn1)n1cc(Br)cn1. The molecule has 0 saturated heterocycles. The van der Waals surface area contributed by atoms with Crippen molar-refractivity contribution in [2.24, 2.45) is 0 Å². The second kappa shape index (κ2) is 5.97. The molecule has 0 unspecified atom stereocenters. The number of hydrogen-bond acceptors (Lipinski definition) is 3. The molecule has 20 heavy (non-hydrogen) atoms. The topological polar surface area (TPSA) is 64.7 Å². The van der Waals surface area contributed by atoms with Gasteiger partial charge in [-0.15, -0.1) is 0 Å². The van der Waals surface area contributed by atoms with Crippen molar-refractivity contribution >= 4 is 33.4 Å². The number of carbonyl (C=O) groups excluding carboxylic acids is 1. The number of rotatable bonds is 5. The predicted molar refractivity (Wildman–Crippen MR) is 79.5 cm³/mol. The monoisotopic (exact) mass is 359 g/mol. The number of amides is 1. The first kappa shape index (κ1) is 15.1. The first-order valence-electron chi connectivity index (χ1n) is 6.06. The van der Waals surface area contributed by atoms with Crippen molar-refractivity contribution in [1.29, 1.82) is 0 Å². The fourth-order valence-electron chi connectivity index (χ4n) is 1.67. The Bertz CT molecular complexity index is 607. The normalized spacial score (nSPS) is 11.6. The molecule has 0 aliphatic rings. The van der Waals surface area contributed by atoms with Crippen LogP contribution in [0.4, 0.5) is 0 Å². The van der Waals surface area contributed by atoms with Gasteiger partial charge >= 0.3 is 0 Å². The molecule has 8 heteroatoms. The van der Waals surface area contributed by atoms with Crippen LogP contribution in [0, 0.1) is 0 Å².